The molecule has 0 unspecified atom stereocenters. The molecule has 2 heterocycles. The fourth-order valence-corrected chi connectivity index (χ4v) is 4.59. The number of ether oxygens (including phenoxy) is 2. The van der Waals surface area contributed by atoms with Gasteiger partial charge in [0.2, 0.25) is 0 Å². The average molecular weight is 515 g/mol. The van der Waals surface area contributed by atoms with Crippen LogP contribution in [0.15, 0.2) is 24.3 Å². The number of aliphatic hydroxyl groups excluding tert-OH is 8. The lowest BCUT2D eigenvalue weighted by Gasteiger charge is -2.39. The standard InChI is InChI=1S/C24H34O12/c25-9-17-21(31)23(33)19(29)15(35-17)7-13(27)5-11-2-1-3-12(4-11)6-14(28)8-16-20(30)24(34)22(32)18(10-26)36-16/h1-4,15-26,29-34H,5-10H2/t15-,16-,17-,18-,19-,20-,21-,22-,23-,24-/m1/s1. The molecule has 1 aromatic rings. The van der Waals surface area contributed by atoms with E-state index in [-0.39, 0.29) is 37.2 Å². The molecule has 36 heavy (non-hydrogen) atoms. The van der Waals surface area contributed by atoms with E-state index in [0.29, 0.717) is 11.1 Å². The van der Waals surface area contributed by atoms with Gasteiger partial charge in [-0.3, -0.25) is 9.59 Å². The predicted octanol–water partition coefficient (Wildman–Crippen LogP) is -3.63. The van der Waals surface area contributed by atoms with Crippen LogP contribution in [0.1, 0.15) is 24.0 Å². The van der Waals surface area contributed by atoms with Crippen molar-refractivity contribution >= 4 is 11.6 Å². The van der Waals surface area contributed by atoms with Gasteiger partial charge in [0.15, 0.2) is 0 Å². The summed E-state index contributed by atoms with van der Waals surface area (Å²) in [6, 6.07) is 6.66. The van der Waals surface area contributed by atoms with Crippen LogP contribution in [-0.2, 0) is 31.9 Å². The maximum absolute atomic E-state index is 12.6. The number of benzene rings is 1. The zero-order chi connectivity index (χ0) is 26.6. The van der Waals surface area contributed by atoms with E-state index in [0.717, 1.165) is 0 Å². The molecule has 0 radical (unpaired) electrons. The molecule has 10 atom stereocenters. The first-order valence-corrected chi connectivity index (χ1v) is 11.8. The Hall–Kier alpha value is -1.84. The summed E-state index contributed by atoms with van der Waals surface area (Å²) in [6.07, 6.45) is -14.2. The van der Waals surface area contributed by atoms with Crippen LogP contribution in [-0.4, -0.2) is 127 Å². The molecule has 3 rings (SSSR count). The van der Waals surface area contributed by atoms with Crippen molar-refractivity contribution in [1.82, 2.24) is 0 Å². The summed E-state index contributed by atoms with van der Waals surface area (Å²) in [5.74, 6) is -0.659. The maximum atomic E-state index is 12.6. The van der Waals surface area contributed by atoms with Gasteiger partial charge in [-0.1, -0.05) is 24.3 Å². The molecule has 0 aliphatic carbocycles. The third-order valence-corrected chi connectivity index (χ3v) is 6.63. The third-order valence-electron chi connectivity index (χ3n) is 6.63. The Bertz CT molecular complexity index is 822. The van der Waals surface area contributed by atoms with Crippen LogP contribution in [0, 0.1) is 0 Å². The lowest BCUT2D eigenvalue weighted by atomic mass is 9.90. The van der Waals surface area contributed by atoms with Gasteiger partial charge in [-0.05, 0) is 11.1 Å². The zero-order valence-corrected chi connectivity index (χ0v) is 19.5. The van der Waals surface area contributed by atoms with E-state index in [1.165, 1.54) is 0 Å². The van der Waals surface area contributed by atoms with Gasteiger partial charge in [0, 0.05) is 25.7 Å². The number of Topliss-reactive ketones (excluding diaryl/α,β-unsaturated/α-hetero) is 2. The quantitative estimate of drug-likeness (QED) is 0.152. The summed E-state index contributed by atoms with van der Waals surface area (Å²) in [7, 11) is 0. The lowest BCUT2D eigenvalue weighted by molar-refractivity contribution is -0.229. The van der Waals surface area contributed by atoms with E-state index in [9.17, 15) is 50.4 Å². The fraction of sp³-hybridized carbons (Fsp3) is 0.667. The molecule has 1 aromatic carbocycles. The van der Waals surface area contributed by atoms with Gasteiger partial charge in [-0.25, -0.2) is 0 Å². The van der Waals surface area contributed by atoms with Gasteiger partial charge in [0.25, 0.3) is 0 Å². The monoisotopic (exact) mass is 514 g/mol. The zero-order valence-electron chi connectivity index (χ0n) is 19.5. The first-order valence-electron chi connectivity index (χ1n) is 11.8. The van der Waals surface area contributed by atoms with Crippen LogP contribution in [0.2, 0.25) is 0 Å². The molecule has 12 nitrogen and oxygen atoms in total. The Kier molecular flexibility index (Phi) is 10.1. The molecular formula is C24H34O12. The molecule has 0 saturated carbocycles. The number of hydrogen-bond acceptors (Lipinski definition) is 12. The summed E-state index contributed by atoms with van der Waals surface area (Å²) in [6.45, 7) is -1.18. The summed E-state index contributed by atoms with van der Waals surface area (Å²) < 4.78 is 10.7. The number of rotatable bonds is 10. The van der Waals surface area contributed by atoms with Gasteiger partial charge in [-0.15, -0.1) is 0 Å². The molecule has 0 spiro atoms. The smallest absolute Gasteiger partial charge is 0.139 e. The molecule has 2 fully saturated rings. The van der Waals surface area contributed by atoms with Crippen molar-refractivity contribution < 1.29 is 59.9 Å². The molecule has 0 bridgehead atoms. The highest BCUT2D eigenvalue weighted by Crippen LogP contribution is 2.25. The number of carbonyl (C=O) groups excluding carboxylic acids is 2. The van der Waals surface area contributed by atoms with E-state index in [1.54, 1.807) is 24.3 Å². The normalized spacial score (nSPS) is 37.0. The Morgan fingerprint density at radius 3 is 1.33 bits per heavy atom. The molecule has 0 amide bonds. The van der Waals surface area contributed by atoms with Crippen molar-refractivity contribution in [2.24, 2.45) is 0 Å². The topological polar surface area (TPSA) is 214 Å². The molecule has 12 heteroatoms. The average Bonchev–Trinajstić information content (AvgIpc) is 2.84. The lowest BCUT2D eigenvalue weighted by Crippen LogP contribution is -2.58. The molecule has 2 aliphatic heterocycles. The number of carbonyl (C=O) groups is 2. The highest BCUT2D eigenvalue weighted by atomic mass is 16.6. The second-order valence-corrected chi connectivity index (χ2v) is 9.39. The van der Waals surface area contributed by atoms with Gasteiger partial charge in [-0.2, -0.15) is 0 Å². The highest BCUT2D eigenvalue weighted by Gasteiger charge is 2.45. The molecule has 2 saturated heterocycles. The largest absolute Gasteiger partial charge is 0.394 e. The minimum absolute atomic E-state index is 0.0518. The van der Waals surface area contributed by atoms with E-state index in [4.69, 9.17) is 9.47 Å². The van der Waals surface area contributed by atoms with Crippen LogP contribution >= 0.6 is 0 Å². The van der Waals surface area contributed by atoms with Gasteiger partial charge in [0.05, 0.1) is 25.4 Å². The van der Waals surface area contributed by atoms with Crippen molar-refractivity contribution in [3.05, 3.63) is 35.4 Å². The number of aliphatic hydroxyl groups is 8. The van der Waals surface area contributed by atoms with Crippen LogP contribution in [0.5, 0.6) is 0 Å². The van der Waals surface area contributed by atoms with Crippen LogP contribution in [0.25, 0.3) is 0 Å². The van der Waals surface area contributed by atoms with Gasteiger partial charge < -0.3 is 50.3 Å². The fourth-order valence-electron chi connectivity index (χ4n) is 4.59. The molecule has 2 aliphatic rings. The maximum Gasteiger partial charge on any atom is 0.139 e. The molecule has 202 valence electrons. The third kappa shape index (κ3) is 6.72. The summed E-state index contributed by atoms with van der Waals surface area (Å²) in [4.78, 5) is 25.2. The van der Waals surface area contributed by atoms with Gasteiger partial charge in [0.1, 0.15) is 60.4 Å². The van der Waals surface area contributed by atoms with Gasteiger partial charge >= 0.3 is 0 Å². The Morgan fingerprint density at radius 2 is 0.972 bits per heavy atom. The minimum atomic E-state index is -1.56. The van der Waals surface area contributed by atoms with Crippen molar-refractivity contribution in [2.45, 2.75) is 86.7 Å². The van der Waals surface area contributed by atoms with E-state index in [1.807, 2.05) is 0 Å². The second-order valence-electron chi connectivity index (χ2n) is 9.39. The predicted molar refractivity (Wildman–Crippen MR) is 121 cm³/mol. The Morgan fingerprint density at radius 1 is 0.611 bits per heavy atom. The number of ketones is 2. The van der Waals surface area contributed by atoms with Crippen LogP contribution in [0.4, 0.5) is 0 Å². The first-order chi connectivity index (χ1) is 17.0. The molecule has 8 N–H and O–H groups in total. The van der Waals surface area contributed by atoms with E-state index in [2.05, 4.69) is 0 Å². The molecule has 0 aromatic heterocycles. The molecular weight excluding hydrogens is 480 g/mol. The van der Waals surface area contributed by atoms with Crippen LogP contribution < -0.4 is 0 Å². The second kappa shape index (κ2) is 12.6. The summed E-state index contributed by atoms with van der Waals surface area (Å²) in [5, 5.41) is 78.3. The number of hydrogen-bond donors (Lipinski definition) is 8. The minimum Gasteiger partial charge on any atom is -0.394 e. The summed E-state index contributed by atoms with van der Waals surface area (Å²) >= 11 is 0. The van der Waals surface area contributed by atoms with Crippen molar-refractivity contribution in [3.8, 4) is 0 Å². The Balaban J connectivity index is 1.56. The van der Waals surface area contributed by atoms with Crippen molar-refractivity contribution in [3.63, 3.8) is 0 Å². The summed E-state index contributed by atoms with van der Waals surface area (Å²) in [5.41, 5.74) is 1.17. The van der Waals surface area contributed by atoms with E-state index < -0.39 is 74.3 Å². The first kappa shape index (κ1) is 28.7. The Labute approximate surface area is 207 Å². The van der Waals surface area contributed by atoms with Crippen LogP contribution in [0.3, 0.4) is 0 Å². The van der Waals surface area contributed by atoms with Crippen molar-refractivity contribution in [1.29, 1.82) is 0 Å². The van der Waals surface area contributed by atoms with E-state index >= 15 is 0 Å². The van der Waals surface area contributed by atoms with Crippen molar-refractivity contribution in [2.75, 3.05) is 13.2 Å². The highest BCUT2D eigenvalue weighted by molar-refractivity contribution is 5.83. The SMILES string of the molecule is O=C(Cc1cccc(CC(=O)C[C@H]2O[C@H](CO)[C@@H](O)[C@H](O)[C@@H]2O)c1)C[C@H]1O[C@H](CO)[C@@H](O)[C@H](O)[C@@H]1O.